The predicted molar refractivity (Wildman–Crippen MR) is 105 cm³/mol. The molecule has 1 heterocycles. The number of benzene rings is 1. The van der Waals surface area contributed by atoms with E-state index in [1.165, 1.54) is 0 Å². The highest BCUT2D eigenvalue weighted by Gasteiger charge is 2.18. The number of rotatable bonds is 10. The molecule has 0 bridgehead atoms. The second-order valence-electron chi connectivity index (χ2n) is 6.49. The van der Waals surface area contributed by atoms with Crippen LogP contribution in [0.4, 0.5) is 5.69 Å². The molecule has 2 aromatic rings. The molecular weight excluding hydrogens is 314 g/mol. The Morgan fingerprint density at radius 1 is 1.32 bits per heavy atom. The van der Waals surface area contributed by atoms with Crippen LogP contribution >= 0.6 is 0 Å². The van der Waals surface area contributed by atoms with Gasteiger partial charge in [0.25, 0.3) is 0 Å². The number of aromatic nitrogens is 1. The third kappa shape index (κ3) is 4.75. The Bertz CT molecular complexity index is 688. The van der Waals surface area contributed by atoms with Crippen molar-refractivity contribution >= 4 is 16.6 Å². The predicted octanol–water partition coefficient (Wildman–Crippen LogP) is 4.27. The van der Waals surface area contributed by atoms with Gasteiger partial charge in [0, 0.05) is 18.3 Å². The summed E-state index contributed by atoms with van der Waals surface area (Å²) in [5.41, 5.74) is 8.66. The van der Waals surface area contributed by atoms with Crippen LogP contribution in [0.5, 0.6) is 11.5 Å². The summed E-state index contributed by atoms with van der Waals surface area (Å²) in [6.07, 6.45) is 5.96. The van der Waals surface area contributed by atoms with Crippen molar-refractivity contribution in [2.24, 2.45) is 5.73 Å². The number of nitrogens with zero attached hydrogens (tertiary/aromatic N) is 1. The standard InChI is InChI=1S/C20H31N3O2/c1-5-6-12-25-20-17(24-4)13-16(23-15(3)8-7-10-21)19-18(20)14(2)9-11-22-19/h9,11,13,15,23H,5-8,10,12,21H2,1-4H3. The lowest BCUT2D eigenvalue weighted by Crippen LogP contribution is -2.17. The summed E-state index contributed by atoms with van der Waals surface area (Å²) in [5, 5.41) is 4.58. The van der Waals surface area contributed by atoms with Crippen LogP contribution in [0.1, 0.15) is 45.1 Å². The fourth-order valence-electron chi connectivity index (χ4n) is 2.92. The van der Waals surface area contributed by atoms with Crippen LogP contribution in [0.25, 0.3) is 10.9 Å². The Labute approximate surface area is 150 Å². The molecule has 1 aromatic carbocycles. The van der Waals surface area contributed by atoms with Gasteiger partial charge in [-0.25, -0.2) is 0 Å². The zero-order chi connectivity index (χ0) is 18.2. The number of nitrogens with one attached hydrogen (secondary N) is 1. The monoisotopic (exact) mass is 345 g/mol. The van der Waals surface area contributed by atoms with E-state index >= 15 is 0 Å². The first-order valence-corrected chi connectivity index (χ1v) is 9.18. The maximum absolute atomic E-state index is 6.08. The molecule has 3 N–H and O–H groups in total. The SMILES string of the molecule is CCCCOc1c(OC)cc(NC(C)CCCN)c2nccc(C)c12. The molecule has 0 aliphatic heterocycles. The average Bonchev–Trinajstić information content (AvgIpc) is 2.61. The molecule has 138 valence electrons. The molecule has 1 unspecified atom stereocenters. The first-order valence-electron chi connectivity index (χ1n) is 9.18. The largest absolute Gasteiger partial charge is 0.493 e. The first-order chi connectivity index (χ1) is 12.1. The number of fused-ring (bicyclic) bond motifs is 1. The minimum atomic E-state index is 0.311. The number of pyridine rings is 1. The van der Waals surface area contributed by atoms with Crippen molar-refractivity contribution in [3.63, 3.8) is 0 Å². The maximum atomic E-state index is 6.08. The van der Waals surface area contributed by atoms with E-state index in [9.17, 15) is 0 Å². The van der Waals surface area contributed by atoms with Crippen molar-refractivity contribution in [2.75, 3.05) is 25.6 Å². The van der Waals surface area contributed by atoms with Gasteiger partial charge in [-0.1, -0.05) is 13.3 Å². The van der Waals surface area contributed by atoms with Crippen molar-refractivity contribution in [3.8, 4) is 11.5 Å². The summed E-state index contributed by atoms with van der Waals surface area (Å²) in [5.74, 6) is 1.53. The van der Waals surface area contributed by atoms with Crippen molar-refractivity contribution < 1.29 is 9.47 Å². The Hall–Kier alpha value is -2.01. The summed E-state index contributed by atoms with van der Waals surface area (Å²) in [6.45, 7) is 7.78. The van der Waals surface area contributed by atoms with Crippen molar-refractivity contribution in [2.45, 2.75) is 52.5 Å². The van der Waals surface area contributed by atoms with Crippen LogP contribution < -0.4 is 20.5 Å². The van der Waals surface area contributed by atoms with E-state index < -0.39 is 0 Å². The zero-order valence-corrected chi connectivity index (χ0v) is 15.9. The lowest BCUT2D eigenvalue weighted by Gasteiger charge is -2.20. The van der Waals surface area contributed by atoms with Crippen LogP contribution in [0.15, 0.2) is 18.3 Å². The normalized spacial score (nSPS) is 12.2. The van der Waals surface area contributed by atoms with Gasteiger partial charge in [0.05, 0.1) is 30.3 Å². The molecule has 2 rings (SSSR count). The van der Waals surface area contributed by atoms with Gasteiger partial charge < -0.3 is 20.5 Å². The first kappa shape index (κ1) is 19.3. The highest BCUT2D eigenvalue weighted by atomic mass is 16.5. The van der Waals surface area contributed by atoms with Crippen LogP contribution in [-0.4, -0.2) is 31.3 Å². The summed E-state index contributed by atoms with van der Waals surface area (Å²) < 4.78 is 11.7. The summed E-state index contributed by atoms with van der Waals surface area (Å²) >= 11 is 0. The molecule has 0 fully saturated rings. The molecule has 5 heteroatoms. The van der Waals surface area contributed by atoms with Crippen LogP contribution in [-0.2, 0) is 0 Å². The number of unbranched alkanes of at least 4 members (excludes halogenated alkanes) is 1. The smallest absolute Gasteiger partial charge is 0.170 e. The van der Waals surface area contributed by atoms with E-state index in [1.54, 1.807) is 7.11 Å². The molecule has 0 amide bonds. The van der Waals surface area contributed by atoms with E-state index in [0.717, 1.165) is 59.3 Å². The molecule has 0 saturated carbocycles. The van der Waals surface area contributed by atoms with Crippen LogP contribution in [0.3, 0.4) is 0 Å². The lowest BCUT2D eigenvalue weighted by atomic mass is 10.1. The molecule has 1 aromatic heterocycles. The van der Waals surface area contributed by atoms with Gasteiger partial charge in [-0.2, -0.15) is 0 Å². The Morgan fingerprint density at radius 2 is 2.12 bits per heavy atom. The van der Waals surface area contributed by atoms with E-state index in [-0.39, 0.29) is 0 Å². The molecule has 0 aliphatic rings. The molecule has 5 nitrogen and oxygen atoms in total. The zero-order valence-electron chi connectivity index (χ0n) is 15.9. The summed E-state index contributed by atoms with van der Waals surface area (Å²) in [4.78, 5) is 4.62. The topological polar surface area (TPSA) is 69.4 Å². The Kier molecular flexibility index (Phi) is 7.31. The van der Waals surface area contributed by atoms with Crippen molar-refractivity contribution in [1.82, 2.24) is 4.98 Å². The number of nitrogens with two attached hydrogens (primary N) is 1. The molecule has 0 aliphatic carbocycles. The number of ether oxygens (including phenoxy) is 2. The van der Waals surface area contributed by atoms with Crippen molar-refractivity contribution in [3.05, 3.63) is 23.9 Å². The van der Waals surface area contributed by atoms with Crippen molar-refractivity contribution in [1.29, 1.82) is 0 Å². The highest BCUT2D eigenvalue weighted by molar-refractivity contribution is 5.99. The Morgan fingerprint density at radius 3 is 2.80 bits per heavy atom. The summed E-state index contributed by atoms with van der Waals surface area (Å²) in [7, 11) is 1.68. The number of aryl methyl sites for hydroxylation is 1. The van der Waals surface area contributed by atoms with Crippen LogP contribution in [0.2, 0.25) is 0 Å². The maximum Gasteiger partial charge on any atom is 0.170 e. The molecule has 1 atom stereocenters. The number of methoxy groups -OCH3 is 1. The van der Waals surface area contributed by atoms with Gasteiger partial charge in [0.2, 0.25) is 0 Å². The van der Waals surface area contributed by atoms with Crippen LogP contribution in [0, 0.1) is 6.92 Å². The van der Waals surface area contributed by atoms with E-state index in [4.69, 9.17) is 15.2 Å². The van der Waals surface area contributed by atoms with E-state index in [2.05, 4.69) is 31.1 Å². The number of hydrogen-bond acceptors (Lipinski definition) is 5. The Balaban J connectivity index is 2.46. The third-order valence-corrected chi connectivity index (χ3v) is 4.35. The van der Waals surface area contributed by atoms with Gasteiger partial charge in [-0.15, -0.1) is 0 Å². The molecule has 0 radical (unpaired) electrons. The summed E-state index contributed by atoms with van der Waals surface area (Å²) in [6, 6.07) is 4.32. The molecular formula is C20H31N3O2. The number of hydrogen-bond donors (Lipinski definition) is 2. The molecule has 25 heavy (non-hydrogen) atoms. The quantitative estimate of drug-likeness (QED) is 0.629. The van der Waals surface area contributed by atoms with Gasteiger partial charge >= 0.3 is 0 Å². The average molecular weight is 345 g/mol. The molecule has 0 saturated heterocycles. The minimum Gasteiger partial charge on any atom is -0.493 e. The third-order valence-electron chi connectivity index (χ3n) is 4.35. The number of anilines is 1. The molecule has 0 spiro atoms. The second-order valence-corrected chi connectivity index (χ2v) is 6.49. The second kappa shape index (κ2) is 9.47. The van der Waals surface area contributed by atoms with Gasteiger partial charge in [-0.3, -0.25) is 4.98 Å². The highest BCUT2D eigenvalue weighted by Crippen LogP contribution is 2.41. The van der Waals surface area contributed by atoms with E-state index in [1.807, 2.05) is 18.3 Å². The van der Waals surface area contributed by atoms with Gasteiger partial charge in [0.15, 0.2) is 11.5 Å². The van der Waals surface area contributed by atoms with Gasteiger partial charge in [0.1, 0.15) is 0 Å². The fourth-order valence-corrected chi connectivity index (χ4v) is 2.92. The lowest BCUT2D eigenvalue weighted by molar-refractivity contribution is 0.292. The minimum absolute atomic E-state index is 0.311. The fraction of sp³-hybridized carbons (Fsp3) is 0.550. The van der Waals surface area contributed by atoms with E-state index in [0.29, 0.717) is 19.2 Å². The van der Waals surface area contributed by atoms with Gasteiger partial charge in [-0.05, 0) is 51.3 Å².